The summed E-state index contributed by atoms with van der Waals surface area (Å²) < 4.78 is 19.7. The van der Waals surface area contributed by atoms with E-state index in [1.54, 1.807) is 4.90 Å². The van der Waals surface area contributed by atoms with E-state index in [1.807, 2.05) is 38.1 Å². The maximum absolute atomic E-state index is 13.1. The van der Waals surface area contributed by atoms with Crippen LogP contribution >= 0.6 is 15.9 Å². The number of nitrogens with zero attached hydrogens (tertiary/aromatic N) is 3. The predicted molar refractivity (Wildman–Crippen MR) is 120 cm³/mol. The molecule has 1 fully saturated rings. The van der Waals surface area contributed by atoms with Gasteiger partial charge >= 0.3 is 0 Å². The largest absolute Gasteiger partial charge is 0.438 e. The van der Waals surface area contributed by atoms with Crippen molar-refractivity contribution in [3.8, 4) is 5.75 Å². The van der Waals surface area contributed by atoms with Crippen molar-refractivity contribution in [1.82, 2.24) is 9.88 Å². The van der Waals surface area contributed by atoms with Crippen molar-refractivity contribution >= 4 is 27.7 Å². The molecule has 0 aliphatic carbocycles. The van der Waals surface area contributed by atoms with Crippen LogP contribution < -0.4 is 4.74 Å². The standard InChI is InChI=1S/C23H23BrFN3O2/c1-4-20(24)22(26-5-2)30-18-7-8-19(15(3)12-18)16-10-11-28(14-16)23(29)21-9-6-17(25)13-27-21/h4-9,12-13,16H,2,10-11,14H2,1,3H3/b20-4+,26-22?. The number of benzene rings is 1. The van der Waals surface area contributed by atoms with Gasteiger partial charge in [0.2, 0.25) is 5.90 Å². The smallest absolute Gasteiger partial charge is 0.272 e. The molecule has 0 spiro atoms. The number of allylic oxidation sites excluding steroid dienone is 1. The molecule has 0 radical (unpaired) electrons. The molecule has 1 amide bonds. The zero-order chi connectivity index (χ0) is 21.7. The number of pyridine rings is 1. The number of carbonyl (C=O) groups is 1. The van der Waals surface area contributed by atoms with Crippen molar-refractivity contribution in [2.45, 2.75) is 26.2 Å². The Morgan fingerprint density at radius 3 is 2.83 bits per heavy atom. The molecular weight excluding hydrogens is 449 g/mol. The molecule has 0 saturated carbocycles. The van der Waals surface area contributed by atoms with Crippen LogP contribution in [0, 0.1) is 12.7 Å². The van der Waals surface area contributed by atoms with Crippen molar-refractivity contribution < 1.29 is 13.9 Å². The third-order valence-electron chi connectivity index (χ3n) is 4.98. The molecule has 2 aromatic rings. The lowest BCUT2D eigenvalue weighted by molar-refractivity contribution is 0.0785. The summed E-state index contributed by atoms with van der Waals surface area (Å²) >= 11 is 3.43. The minimum Gasteiger partial charge on any atom is -0.438 e. The van der Waals surface area contributed by atoms with Gasteiger partial charge in [-0.15, -0.1) is 0 Å². The minimum absolute atomic E-state index is 0.170. The van der Waals surface area contributed by atoms with Gasteiger partial charge in [0.25, 0.3) is 5.91 Å². The molecule has 1 aliphatic rings. The van der Waals surface area contributed by atoms with Gasteiger partial charge in [0.05, 0.1) is 10.7 Å². The minimum atomic E-state index is -0.452. The topological polar surface area (TPSA) is 54.8 Å². The van der Waals surface area contributed by atoms with Crippen LogP contribution in [0.5, 0.6) is 5.75 Å². The van der Waals surface area contributed by atoms with Crippen molar-refractivity contribution in [2.75, 3.05) is 13.1 Å². The summed E-state index contributed by atoms with van der Waals surface area (Å²) in [5, 5.41) is 0. The van der Waals surface area contributed by atoms with E-state index in [2.05, 4.69) is 32.5 Å². The summed E-state index contributed by atoms with van der Waals surface area (Å²) in [6.45, 7) is 8.78. The first-order valence-corrected chi connectivity index (χ1v) is 10.4. The van der Waals surface area contributed by atoms with Crippen molar-refractivity contribution in [1.29, 1.82) is 0 Å². The molecule has 1 atom stereocenters. The first-order valence-electron chi connectivity index (χ1n) is 9.63. The van der Waals surface area contributed by atoms with Gasteiger partial charge in [0.15, 0.2) is 0 Å². The molecule has 7 heteroatoms. The summed E-state index contributed by atoms with van der Waals surface area (Å²) in [4.78, 5) is 22.5. The zero-order valence-electron chi connectivity index (χ0n) is 16.9. The predicted octanol–water partition coefficient (Wildman–Crippen LogP) is 5.38. The Kier molecular flexibility index (Phi) is 7.15. The van der Waals surface area contributed by atoms with E-state index >= 15 is 0 Å². The van der Waals surface area contributed by atoms with Crippen molar-refractivity contribution in [3.05, 3.63) is 82.5 Å². The normalized spacial score (nSPS) is 17.2. The highest BCUT2D eigenvalue weighted by Gasteiger charge is 2.29. The molecule has 0 bridgehead atoms. The number of aliphatic imine (C=N–C) groups is 1. The van der Waals surface area contributed by atoms with Crippen LogP contribution in [0.2, 0.25) is 0 Å². The lowest BCUT2D eigenvalue weighted by Gasteiger charge is -2.18. The summed E-state index contributed by atoms with van der Waals surface area (Å²) in [5.41, 5.74) is 2.53. The molecule has 5 nitrogen and oxygen atoms in total. The van der Waals surface area contributed by atoms with Crippen molar-refractivity contribution in [3.63, 3.8) is 0 Å². The number of halogens is 2. The van der Waals surface area contributed by atoms with Gasteiger partial charge in [-0.3, -0.25) is 4.79 Å². The highest BCUT2D eigenvalue weighted by Crippen LogP contribution is 2.32. The van der Waals surface area contributed by atoms with E-state index in [4.69, 9.17) is 4.74 Å². The number of amides is 1. The zero-order valence-corrected chi connectivity index (χ0v) is 18.5. The molecular formula is C23H23BrFN3O2. The molecule has 0 N–H and O–H groups in total. The summed E-state index contributed by atoms with van der Waals surface area (Å²) in [5.74, 6) is 0.719. The van der Waals surface area contributed by atoms with E-state index in [0.717, 1.165) is 22.7 Å². The Labute approximate surface area is 184 Å². The van der Waals surface area contributed by atoms with Crippen LogP contribution in [0.3, 0.4) is 0 Å². The second-order valence-corrected chi connectivity index (χ2v) is 7.83. The first kappa shape index (κ1) is 21.9. The maximum atomic E-state index is 13.1. The van der Waals surface area contributed by atoms with Gasteiger partial charge in [-0.05, 0) is 71.6 Å². The number of aromatic nitrogens is 1. The molecule has 3 rings (SSSR count). The van der Waals surface area contributed by atoms with E-state index < -0.39 is 5.82 Å². The van der Waals surface area contributed by atoms with Gasteiger partial charge in [-0.2, -0.15) is 0 Å². The number of ether oxygens (including phenoxy) is 1. The number of aryl methyl sites for hydroxylation is 1. The van der Waals surface area contributed by atoms with Gasteiger partial charge in [-0.25, -0.2) is 14.4 Å². The highest BCUT2D eigenvalue weighted by atomic mass is 79.9. The second kappa shape index (κ2) is 9.80. The highest BCUT2D eigenvalue weighted by molar-refractivity contribution is 9.12. The van der Waals surface area contributed by atoms with Crippen LogP contribution in [-0.4, -0.2) is 34.8 Å². The Morgan fingerprint density at radius 1 is 1.40 bits per heavy atom. The second-order valence-electron chi connectivity index (χ2n) is 6.97. The van der Waals surface area contributed by atoms with Gasteiger partial charge in [0.1, 0.15) is 17.3 Å². The fourth-order valence-electron chi connectivity index (χ4n) is 3.49. The fourth-order valence-corrected chi connectivity index (χ4v) is 3.67. The molecule has 1 saturated heterocycles. The molecule has 1 unspecified atom stereocenters. The van der Waals surface area contributed by atoms with Gasteiger partial charge in [0, 0.05) is 25.2 Å². The first-order chi connectivity index (χ1) is 14.4. The summed E-state index contributed by atoms with van der Waals surface area (Å²) in [7, 11) is 0. The molecule has 1 aromatic heterocycles. The molecule has 1 aromatic carbocycles. The average molecular weight is 472 g/mol. The Hall–Kier alpha value is -2.80. The molecule has 2 heterocycles. The average Bonchev–Trinajstić information content (AvgIpc) is 3.23. The van der Waals surface area contributed by atoms with Crippen LogP contribution in [0.4, 0.5) is 4.39 Å². The monoisotopic (exact) mass is 471 g/mol. The molecule has 156 valence electrons. The lowest BCUT2D eigenvalue weighted by atomic mass is 9.94. The summed E-state index contributed by atoms with van der Waals surface area (Å²) in [6, 6.07) is 8.59. The Bertz CT molecular complexity index is 1000. The van der Waals surface area contributed by atoms with Crippen molar-refractivity contribution in [2.24, 2.45) is 4.99 Å². The van der Waals surface area contributed by atoms with Gasteiger partial charge in [-0.1, -0.05) is 18.7 Å². The SMILES string of the molecule is C=CN=C(Oc1ccc(C2CCN(C(=O)c3ccc(F)cn3)C2)c(C)c1)/C(Br)=C\C. The lowest BCUT2D eigenvalue weighted by Crippen LogP contribution is -2.29. The number of rotatable bonds is 5. The van der Waals surface area contributed by atoms with Crippen LogP contribution in [0.15, 0.2) is 64.9 Å². The van der Waals surface area contributed by atoms with Crippen LogP contribution in [0.25, 0.3) is 0 Å². The van der Waals surface area contributed by atoms with E-state index in [0.29, 0.717) is 24.7 Å². The van der Waals surface area contributed by atoms with E-state index in [-0.39, 0.29) is 17.5 Å². The third kappa shape index (κ3) is 5.02. The fraction of sp³-hybridized carbons (Fsp3) is 0.261. The summed E-state index contributed by atoms with van der Waals surface area (Å²) in [6.07, 6.45) is 5.21. The molecule has 30 heavy (non-hydrogen) atoms. The maximum Gasteiger partial charge on any atom is 0.272 e. The van der Waals surface area contributed by atoms with E-state index in [1.165, 1.54) is 23.9 Å². The van der Waals surface area contributed by atoms with Crippen LogP contribution in [0.1, 0.15) is 40.9 Å². The van der Waals surface area contributed by atoms with Crippen LogP contribution in [-0.2, 0) is 0 Å². The Morgan fingerprint density at radius 2 is 2.20 bits per heavy atom. The number of hydrogen-bond acceptors (Lipinski definition) is 4. The third-order valence-corrected chi connectivity index (χ3v) is 5.78. The quantitative estimate of drug-likeness (QED) is 0.434. The number of hydrogen-bond donors (Lipinski definition) is 0. The number of carbonyl (C=O) groups excluding carboxylic acids is 1. The number of likely N-dealkylation sites (tertiary alicyclic amines) is 1. The Balaban J connectivity index is 1.71. The van der Waals surface area contributed by atoms with E-state index in [9.17, 15) is 9.18 Å². The van der Waals surface area contributed by atoms with Gasteiger partial charge < -0.3 is 9.64 Å². The molecule has 1 aliphatic heterocycles.